The number of hydrogen-bond donors (Lipinski definition) is 1. The standard InChI is InChI=1S/C19H23N5O/c1-25-17-7-6-16(11-24-9-8-20-13-24)18(10-17)14-2-4-15(5-3-14)19-21-12-22-23-19/h2-5,8-9,12-13,16-18H,6-7,10-11H2,1H3,(H,21,22,23)/t16-,17+,18?/m0/s1. The van der Waals surface area contributed by atoms with E-state index >= 15 is 0 Å². The van der Waals surface area contributed by atoms with Crippen molar-refractivity contribution in [1.82, 2.24) is 24.7 Å². The van der Waals surface area contributed by atoms with Gasteiger partial charge < -0.3 is 9.30 Å². The molecule has 1 fully saturated rings. The Morgan fingerprint density at radius 2 is 2.12 bits per heavy atom. The Labute approximate surface area is 147 Å². The number of aromatic nitrogens is 5. The van der Waals surface area contributed by atoms with Gasteiger partial charge in [0, 0.05) is 31.6 Å². The summed E-state index contributed by atoms with van der Waals surface area (Å²) in [5.74, 6) is 1.89. The summed E-state index contributed by atoms with van der Waals surface area (Å²) < 4.78 is 7.85. The van der Waals surface area contributed by atoms with Crippen molar-refractivity contribution in [2.75, 3.05) is 7.11 Å². The summed E-state index contributed by atoms with van der Waals surface area (Å²) in [5.41, 5.74) is 2.43. The molecule has 3 atom stereocenters. The van der Waals surface area contributed by atoms with Gasteiger partial charge in [0.15, 0.2) is 5.82 Å². The summed E-state index contributed by atoms with van der Waals surface area (Å²) >= 11 is 0. The molecule has 3 aromatic rings. The molecule has 6 heteroatoms. The van der Waals surface area contributed by atoms with E-state index in [1.54, 1.807) is 0 Å². The molecule has 0 amide bonds. The van der Waals surface area contributed by atoms with Crippen molar-refractivity contribution in [2.24, 2.45) is 5.92 Å². The van der Waals surface area contributed by atoms with E-state index in [2.05, 4.69) is 49.0 Å². The number of aromatic amines is 1. The van der Waals surface area contributed by atoms with Crippen LogP contribution in [0.15, 0.2) is 49.3 Å². The topological polar surface area (TPSA) is 68.6 Å². The highest BCUT2D eigenvalue weighted by Gasteiger charge is 2.31. The predicted octanol–water partition coefficient (Wildman–Crippen LogP) is 3.27. The van der Waals surface area contributed by atoms with E-state index < -0.39 is 0 Å². The van der Waals surface area contributed by atoms with Crippen LogP contribution in [0.5, 0.6) is 0 Å². The first kappa shape index (κ1) is 16.0. The molecule has 1 saturated carbocycles. The fourth-order valence-electron chi connectivity index (χ4n) is 3.93. The Kier molecular flexibility index (Phi) is 4.61. The summed E-state index contributed by atoms with van der Waals surface area (Å²) in [6.07, 6.45) is 11.1. The van der Waals surface area contributed by atoms with Crippen molar-refractivity contribution in [3.8, 4) is 11.4 Å². The molecule has 6 nitrogen and oxygen atoms in total. The number of nitrogens with zero attached hydrogens (tertiary/aromatic N) is 4. The number of benzene rings is 1. The zero-order valence-electron chi connectivity index (χ0n) is 14.4. The van der Waals surface area contributed by atoms with Gasteiger partial charge in [-0.25, -0.2) is 9.97 Å². The molecule has 0 spiro atoms. The molecule has 0 radical (unpaired) electrons. The maximum absolute atomic E-state index is 5.67. The van der Waals surface area contributed by atoms with Gasteiger partial charge in [0.1, 0.15) is 6.33 Å². The molecule has 2 aromatic heterocycles. The molecule has 4 rings (SSSR count). The third-order valence-corrected chi connectivity index (χ3v) is 5.31. The second-order valence-corrected chi connectivity index (χ2v) is 6.75. The second-order valence-electron chi connectivity index (χ2n) is 6.75. The molecule has 1 aliphatic carbocycles. The molecular weight excluding hydrogens is 314 g/mol. The predicted molar refractivity (Wildman–Crippen MR) is 94.9 cm³/mol. The number of imidazole rings is 1. The molecule has 1 aromatic carbocycles. The zero-order valence-corrected chi connectivity index (χ0v) is 14.4. The summed E-state index contributed by atoms with van der Waals surface area (Å²) in [7, 11) is 1.82. The van der Waals surface area contributed by atoms with Crippen molar-refractivity contribution in [3.63, 3.8) is 0 Å². The SMILES string of the molecule is CO[C@@H]1CC[C@@H](Cn2ccnc2)C(c2ccc(-c3ncn[nH]3)cc2)C1. The van der Waals surface area contributed by atoms with Crippen molar-refractivity contribution < 1.29 is 4.74 Å². The minimum Gasteiger partial charge on any atom is -0.381 e. The molecule has 0 aliphatic heterocycles. The first-order valence-corrected chi connectivity index (χ1v) is 8.77. The molecule has 0 saturated heterocycles. The molecule has 1 aliphatic rings. The third kappa shape index (κ3) is 3.49. The number of hydrogen-bond acceptors (Lipinski definition) is 4. The number of H-pyrrole nitrogens is 1. The molecule has 1 unspecified atom stereocenters. The van der Waals surface area contributed by atoms with Crippen LogP contribution in [-0.4, -0.2) is 37.9 Å². The van der Waals surface area contributed by atoms with Gasteiger partial charge >= 0.3 is 0 Å². The smallest absolute Gasteiger partial charge is 0.155 e. The van der Waals surface area contributed by atoms with Crippen molar-refractivity contribution in [2.45, 2.75) is 37.8 Å². The van der Waals surface area contributed by atoms with Gasteiger partial charge in [0.05, 0.1) is 12.4 Å². The second kappa shape index (κ2) is 7.19. The number of ether oxygens (including phenoxy) is 1. The third-order valence-electron chi connectivity index (χ3n) is 5.31. The number of rotatable bonds is 5. The van der Waals surface area contributed by atoms with E-state index in [1.165, 1.54) is 18.3 Å². The lowest BCUT2D eigenvalue weighted by molar-refractivity contribution is 0.0433. The average molecular weight is 337 g/mol. The van der Waals surface area contributed by atoms with Gasteiger partial charge in [-0.1, -0.05) is 24.3 Å². The number of methoxy groups -OCH3 is 1. The van der Waals surface area contributed by atoms with Crippen LogP contribution >= 0.6 is 0 Å². The van der Waals surface area contributed by atoms with E-state index in [1.807, 2.05) is 25.8 Å². The van der Waals surface area contributed by atoms with Gasteiger partial charge in [-0.05, 0) is 36.7 Å². The van der Waals surface area contributed by atoms with Crippen LogP contribution in [0, 0.1) is 5.92 Å². The monoisotopic (exact) mass is 337 g/mol. The Balaban J connectivity index is 1.57. The van der Waals surface area contributed by atoms with E-state index in [0.29, 0.717) is 17.9 Å². The fourth-order valence-corrected chi connectivity index (χ4v) is 3.93. The van der Waals surface area contributed by atoms with Gasteiger partial charge in [-0.3, -0.25) is 5.10 Å². The van der Waals surface area contributed by atoms with Gasteiger partial charge in [0.2, 0.25) is 0 Å². The summed E-state index contributed by atoms with van der Waals surface area (Å²) in [5, 5.41) is 6.84. The molecular formula is C19H23N5O. The van der Waals surface area contributed by atoms with Crippen LogP contribution in [0.4, 0.5) is 0 Å². The number of nitrogens with one attached hydrogen (secondary N) is 1. The van der Waals surface area contributed by atoms with Crippen LogP contribution in [0.2, 0.25) is 0 Å². The van der Waals surface area contributed by atoms with Crippen molar-refractivity contribution in [3.05, 3.63) is 54.9 Å². The van der Waals surface area contributed by atoms with E-state index in [-0.39, 0.29) is 0 Å². The fraction of sp³-hybridized carbons (Fsp3) is 0.421. The highest BCUT2D eigenvalue weighted by Crippen LogP contribution is 2.40. The highest BCUT2D eigenvalue weighted by atomic mass is 16.5. The minimum absolute atomic E-state index is 0.345. The van der Waals surface area contributed by atoms with Crippen LogP contribution < -0.4 is 0 Å². The molecule has 25 heavy (non-hydrogen) atoms. The lowest BCUT2D eigenvalue weighted by Gasteiger charge is -2.36. The van der Waals surface area contributed by atoms with Crippen LogP contribution in [0.3, 0.4) is 0 Å². The van der Waals surface area contributed by atoms with E-state index in [9.17, 15) is 0 Å². The Hall–Kier alpha value is -2.47. The Bertz CT molecular complexity index is 767. The molecule has 1 N–H and O–H groups in total. The van der Waals surface area contributed by atoms with E-state index in [4.69, 9.17) is 4.74 Å². The first-order valence-electron chi connectivity index (χ1n) is 8.77. The highest BCUT2D eigenvalue weighted by molar-refractivity contribution is 5.54. The summed E-state index contributed by atoms with van der Waals surface area (Å²) in [4.78, 5) is 8.40. The first-order chi connectivity index (χ1) is 12.3. The summed E-state index contributed by atoms with van der Waals surface area (Å²) in [6, 6.07) is 8.70. The lowest BCUT2D eigenvalue weighted by Crippen LogP contribution is -2.30. The summed E-state index contributed by atoms with van der Waals surface area (Å²) in [6.45, 7) is 1.00. The van der Waals surface area contributed by atoms with Gasteiger partial charge in [-0.2, -0.15) is 5.10 Å². The zero-order chi connectivity index (χ0) is 17.1. The maximum Gasteiger partial charge on any atom is 0.155 e. The van der Waals surface area contributed by atoms with Crippen LogP contribution in [0.1, 0.15) is 30.7 Å². The average Bonchev–Trinajstić information content (AvgIpc) is 3.36. The van der Waals surface area contributed by atoms with Crippen LogP contribution in [0.25, 0.3) is 11.4 Å². The van der Waals surface area contributed by atoms with Crippen LogP contribution in [-0.2, 0) is 11.3 Å². The van der Waals surface area contributed by atoms with Gasteiger partial charge in [0.25, 0.3) is 0 Å². The quantitative estimate of drug-likeness (QED) is 0.776. The largest absolute Gasteiger partial charge is 0.381 e. The Morgan fingerprint density at radius 1 is 1.24 bits per heavy atom. The molecule has 0 bridgehead atoms. The molecule has 2 heterocycles. The Morgan fingerprint density at radius 3 is 2.80 bits per heavy atom. The molecule has 130 valence electrons. The van der Waals surface area contributed by atoms with Crippen molar-refractivity contribution >= 4 is 0 Å². The van der Waals surface area contributed by atoms with Gasteiger partial charge in [-0.15, -0.1) is 0 Å². The maximum atomic E-state index is 5.67. The minimum atomic E-state index is 0.345. The van der Waals surface area contributed by atoms with Crippen molar-refractivity contribution in [1.29, 1.82) is 0 Å². The lowest BCUT2D eigenvalue weighted by atomic mass is 9.74. The van der Waals surface area contributed by atoms with E-state index in [0.717, 1.165) is 30.8 Å². The normalized spacial score (nSPS) is 23.6.